The summed E-state index contributed by atoms with van der Waals surface area (Å²) in [6.45, 7) is 1.73. The Morgan fingerprint density at radius 1 is 1.31 bits per heavy atom. The number of aryl methyl sites for hydroxylation is 1. The number of rotatable bonds is 1. The standard InChI is InChI=1S/C12H19N3O/c13-11-3-1-2-10-8-14-12(15(10)11)9-4-6-16-7-5-9/h8-9,11H,1-7,13H2. The second-order valence-corrected chi connectivity index (χ2v) is 4.82. The fraction of sp³-hybridized carbons (Fsp3) is 0.750. The predicted molar refractivity (Wildman–Crippen MR) is 61.2 cm³/mol. The Hall–Kier alpha value is -0.870. The van der Waals surface area contributed by atoms with Crippen LogP contribution in [0, 0.1) is 0 Å². The summed E-state index contributed by atoms with van der Waals surface area (Å²) in [5, 5.41) is 0. The van der Waals surface area contributed by atoms with E-state index in [1.54, 1.807) is 0 Å². The average Bonchev–Trinajstić information content (AvgIpc) is 2.75. The maximum Gasteiger partial charge on any atom is 0.113 e. The van der Waals surface area contributed by atoms with Gasteiger partial charge < -0.3 is 15.0 Å². The molecule has 3 rings (SSSR count). The van der Waals surface area contributed by atoms with E-state index in [2.05, 4.69) is 9.55 Å². The van der Waals surface area contributed by atoms with Crippen LogP contribution in [-0.4, -0.2) is 22.8 Å². The van der Waals surface area contributed by atoms with E-state index >= 15 is 0 Å². The normalized spacial score (nSPS) is 26.7. The number of hydrogen-bond acceptors (Lipinski definition) is 3. The quantitative estimate of drug-likeness (QED) is 0.783. The van der Waals surface area contributed by atoms with Gasteiger partial charge in [-0.25, -0.2) is 4.98 Å². The van der Waals surface area contributed by atoms with Crippen molar-refractivity contribution in [3.05, 3.63) is 17.7 Å². The van der Waals surface area contributed by atoms with Crippen molar-refractivity contribution in [1.29, 1.82) is 0 Å². The summed E-state index contributed by atoms with van der Waals surface area (Å²) in [4.78, 5) is 4.60. The fourth-order valence-electron chi connectivity index (χ4n) is 2.86. The summed E-state index contributed by atoms with van der Waals surface area (Å²) >= 11 is 0. The van der Waals surface area contributed by atoms with E-state index in [0.717, 1.165) is 38.9 Å². The van der Waals surface area contributed by atoms with E-state index in [1.807, 2.05) is 6.20 Å². The summed E-state index contributed by atoms with van der Waals surface area (Å²) in [5.74, 6) is 1.75. The van der Waals surface area contributed by atoms with Gasteiger partial charge in [-0.2, -0.15) is 0 Å². The summed E-state index contributed by atoms with van der Waals surface area (Å²) in [7, 11) is 0. The molecule has 2 N–H and O–H groups in total. The molecule has 0 bridgehead atoms. The van der Waals surface area contributed by atoms with Crippen molar-refractivity contribution in [2.45, 2.75) is 44.2 Å². The second-order valence-electron chi connectivity index (χ2n) is 4.82. The van der Waals surface area contributed by atoms with Gasteiger partial charge in [0.25, 0.3) is 0 Å². The predicted octanol–water partition coefficient (Wildman–Crippen LogP) is 1.57. The highest BCUT2D eigenvalue weighted by atomic mass is 16.5. The molecule has 0 saturated carbocycles. The van der Waals surface area contributed by atoms with Gasteiger partial charge in [-0.3, -0.25) is 0 Å². The zero-order chi connectivity index (χ0) is 11.0. The molecule has 1 aromatic rings. The van der Waals surface area contributed by atoms with Gasteiger partial charge in [0.15, 0.2) is 0 Å². The van der Waals surface area contributed by atoms with Gasteiger partial charge in [0.2, 0.25) is 0 Å². The first-order valence-electron chi connectivity index (χ1n) is 6.25. The summed E-state index contributed by atoms with van der Waals surface area (Å²) in [6, 6.07) is 0. The zero-order valence-corrected chi connectivity index (χ0v) is 9.56. The molecule has 1 atom stereocenters. The Balaban J connectivity index is 1.91. The van der Waals surface area contributed by atoms with Crippen molar-refractivity contribution < 1.29 is 4.74 Å². The van der Waals surface area contributed by atoms with E-state index in [4.69, 9.17) is 10.5 Å². The molecule has 2 aliphatic rings. The fourth-order valence-corrected chi connectivity index (χ4v) is 2.86. The van der Waals surface area contributed by atoms with Crippen LogP contribution < -0.4 is 5.73 Å². The molecule has 4 nitrogen and oxygen atoms in total. The first kappa shape index (κ1) is 10.3. The topological polar surface area (TPSA) is 53.1 Å². The molecule has 1 fully saturated rings. The highest BCUT2D eigenvalue weighted by Crippen LogP contribution is 2.31. The lowest BCUT2D eigenvalue weighted by atomic mass is 9.98. The molecule has 16 heavy (non-hydrogen) atoms. The number of ether oxygens (including phenoxy) is 1. The van der Waals surface area contributed by atoms with E-state index in [1.165, 1.54) is 17.9 Å². The highest BCUT2D eigenvalue weighted by molar-refractivity contribution is 5.13. The SMILES string of the molecule is NC1CCCc2cnc(C3CCOCC3)n21. The van der Waals surface area contributed by atoms with Crippen molar-refractivity contribution in [1.82, 2.24) is 9.55 Å². The molecule has 88 valence electrons. The van der Waals surface area contributed by atoms with E-state index in [-0.39, 0.29) is 6.17 Å². The Morgan fingerprint density at radius 3 is 2.94 bits per heavy atom. The maximum atomic E-state index is 6.19. The molecule has 1 unspecified atom stereocenters. The molecule has 1 aromatic heterocycles. The van der Waals surface area contributed by atoms with Crippen LogP contribution in [0.3, 0.4) is 0 Å². The third-order valence-corrected chi connectivity index (χ3v) is 3.75. The summed E-state index contributed by atoms with van der Waals surface area (Å²) in [6.07, 6.45) is 7.74. The molecule has 1 saturated heterocycles. The minimum absolute atomic E-state index is 0.143. The van der Waals surface area contributed by atoms with Gasteiger partial charge in [0.05, 0.1) is 6.17 Å². The van der Waals surface area contributed by atoms with Gasteiger partial charge in [-0.1, -0.05) is 0 Å². The van der Waals surface area contributed by atoms with E-state index in [9.17, 15) is 0 Å². The number of fused-ring (bicyclic) bond motifs is 1. The van der Waals surface area contributed by atoms with Crippen LogP contribution in [-0.2, 0) is 11.2 Å². The van der Waals surface area contributed by atoms with Crippen molar-refractivity contribution in [2.75, 3.05) is 13.2 Å². The van der Waals surface area contributed by atoms with Gasteiger partial charge >= 0.3 is 0 Å². The van der Waals surface area contributed by atoms with Crippen LogP contribution in [0.5, 0.6) is 0 Å². The van der Waals surface area contributed by atoms with Crippen molar-refractivity contribution in [2.24, 2.45) is 5.73 Å². The van der Waals surface area contributed by atoms with Crippen molar-refractivity contribution in [3.8, 4) is 0 Å². The van der Waals surface area contributed by atoms with Gasteiger partial charge in [-0.05, 0) is 32.1 Å². The average molecular weight is 221 g/mol. The van der Waals surface area contributed by atoms with Crippen LogP contribution in [0.25, 0.3) is 0 Å². The molecule has 3 heterocycles. The largest absolute Gasteiger partial charge is 0.381 e. The smallest absolute Gasteiger partial charge is 0.113 e. The van der Waals surface area contributed by atoms with Crippen LogP contribution in [0.1, 0.15) is 49.3 Å². The number of imidazole rings is 1. The molecule has 0 spiro atoms. The summed E-state index contributed by atoms with van der Waals surface area (Å²) < 4.78 is 7.68. The van der Waals surface area contributed by atoms with Crippen molar-refractivity contribution >= 4 is 0 Å². The third-order valence-electron chi connectivity index (χ3n) is 3.75. The minimum Gasteiger partial charge on any atom is -0.381 e. The Morgan fingerprint density at radius 2 is 2.12 bits per heavy atom. The molecule has 0 aromatic carbocycles. The van der Waals surface area contributed by atoms with E-state index < -0.39 is 0 Å². The molecule has 0 amide bonds. The van der Waals surface area contributed by atoms with E-state index in [0.29, 0.717) is 5.92 Å². The number of nitrogens with two attached hydrogens (primary N) is 1. The van der Waals surface area contributed by atoms with Crippen LogP contribution in [0.4, 0.5) is 0 Å². The van der Waals surface area contributed by atoms with Crippen molar-refractivity contribution in [3.63, 3.8) is 0 Å². The lowest BCUT2D eigenvalue weighted by Crippen LogP contribution is -2.28. The molecular formula is C12H19N3O. The lowest BCUT2D eigenvalue weighted by molar-refractivity contribution is 0.0822. The molecule has 4 heteroatoms. The van der Waals surface area contributed by atoms with Crippen LogP contribution in [0.15, 0.2) is 6.20 Å². The Labute approximate surface area is 95.8 Å². The Kier molecular flexibility index (Phi) is 2.69. The van der Waals surface area contributed by atoms with Gasteiger partial charge in [0.1, 0.15) is 5.82 Å². The molecular weight excluding hydrogens is 202 g/mol. The maximum absolute atomic E-state index is 6.19. The second kappa shape index (κ2) is 4.18. The van der Waals surface area contributed by atoms with Gasteiger partial charge in [-0.15, -0.1) is 0 Å². The van der Waals surface area contributed by atoms with Crippen LogP contribution >= 0.6 is 0 Å². The number of hydrogen-bond donors (Lipinski definition) is 1. The number of nitrogens with zero attached hydrogens (tertiary/aromatic N) is 2. The zero-order valence-electron chi connectivity index (χ0n) is 9.56. The van der Waals surface area contributed by atoms with Gasteiger partial charge in [0, 0.05) is 31.0 Å². The first-order valence-corrected chi connectivity index (χ1v) is 6.25. The Bertz CT molecular complexity index is 368. The first-order chi connectivity index (χ1) is 7.86. The van der Waals surface area contributed by atoms with Crippen LogP contribution in [0.2, 0.25) is 0 Å². The third kappa shape index (κ3) is 1.66. The molecule has 0 radical (unpaired) electrons. The molecule has 0 aliphatic carbocycles. The highest BCUT2D eigenvalue weighted by Gasteiger charge is 2.26. The lowest BCUT2D eigenvalue weighted by Gasteiger charge is -2.28. The monoisotopic (exact) mass is 221 g/mol. The number of aromatic nitrogens is 2. The summed E-state index contributed by atoms with van der Waals surface area (Å²) in [5.41, 5.74) is 7.51. The molecule has 2 aliphatic heterocycles. The minimum atomic E-state index is 0.143.